The number of Topliss-reactive ketones (excluding diaryl/α,β-unsaturated/α-hetero) is 1. The molecule has 0 aromatic heterocycles. The second-order valence-electron chi connectivity index (χ2n) is 9.62. The highest BCUT2D eigenvalue weighted by Crippen LogP contribution is 2.40. The Morgan fingerprint density at radius 1 is 1.03 bits per heavy atom. The standard InChI is InChI=1S/C28H34N2O6/c1-19(2)18-36-23-10-6-21(7-11-23)26(32)24-25(20-4-8-22(31)9-5-20)30(28(34)27(24)33)13-3-12-29-14-16-35-17-15-29/h4-11,19,25,31-32H,3,12-18H2,1-2H3/b26-24-. The van der Waals surface area contributed by atoms with Gasteiger partial charge in [-0.2, -0.15) is 0 Å². The Morgan fingerprint density at radius 3 is 2.33 bits per heavy atom. The molecule has 192 valence electrons. The molecule has 0 aliphatic carbocycles. The lowest BCUT2D eigenvalue weighted by Crippen LogP contribution is -2.38. The molecule has 0 saturated carbocycles. The molecule has 1 unspecified atom stereocenters. The number of aromatic hydroxyl groups is 1. The van der Waals surface area contributed by atoms with E-state index in [2.05, 4.69) is 18.7 Å². The number of nitrogens with zero attached hydrogens (tertiary/aromatic N) is 2. The van der Waals surface area contributed by atoms with Crippen molar-refractivity contribution in [2.24, 2.45) is 5.92 Å². The van der Waals surface area contributed by atoms with Crippen LogP contribution in [0.5, 0.6) is 11.5 Å². The molecule has 4 rings (SSSR count). The molecule has 2 aromatic carbocycles. The van der Waals surface area contributed by atoms with E-state index in [1.54, 1.807) is 36.4 Å². The topological polar surface area (TPSA) is 99.5 Å². The number of rotatable bonds is 9. The zero-order chi connectivity index (χ0) is 25.7. The van der Waals surface area contributed by atoms with Gasteiger partial charge in [0.25, 0.3) is 11.7 Å². The van der Waals surface area contributed by atoms with Gasteiger partial charge in [-0.1, -0.05) is 26.0 Å². The minimum atomic E-state index is -0.743. The number of phenols is 1. The van der Waals surface area contributed by atoms with Gasteiger partial charge >= 0.3 is 0 Å². The number of phenolic OH excluding ortho intramolecular Hbond substituents is 1. The van der Waals surface area contributed by atoms with Crippen molar-refractivity contribution in [3.05, 3.63) is 65.2 Å². The van der Waals surface area contributed by atoms with Crippen LogP contribution in [0.4, 0.5) is 0 Å². The number of morpholine rings is 1. The number of hydrogen-bond donors (Lipinski definition) is 2. The summed E-state index contributed by atoms with van der Waals surface area (Å²) < 4.78 is 11.1. The number of amides is 1. The number of likely N-dealkylation sites (tertiary alicyclic amines) is 1. The molecule has 2 aliphatic heterocycles. The summed E-state index contributed by atoms with van der Waals surface area (Å²) in [7, 11) is 0. The van der Waals surface area contributed by atoms with Crippen molar-refractivity contribution in [2.45, 2.75) is 26.3 Å². The minimum Gasteiger partial charge on any atom is -0.508 e. The van der Waals surface area contributed by atoms with Gasteiger partial charge < -0.3 is 24.6 Å². The Kier molecular flexibility index (Phi) is 8.28. The third-order valence-corrected chi connectivity index (χ3v) is 6.44. The first-order valence-electron chi connectivity index (χ1n) is 12.5. The van der Waals surface area contributed by atoms with Gasteiger partial charge in [0, 0.05) is 31.7 Å². The van der Waals surface area contributed by atoms with E-state index in [1.165, 1.54) is 17.0 Å². The SMILES string of the molecule is CC(C)COc1ccc(/C(O)=C2/C(=O)C(=O)N(CCCN3CCOCC3)C2c2ccc(O)cc2)cc1. The molecule has 2 N–H and O–H groups in total. The summed E-state index contributed by atoms with van der Waals surface area (Å²) in [5.41, 5.74) is 1.13. The Morgan fingerprint density at radius 2 is 1.69 bits per heavy atom. The summed E-state index contributed by atoms with van der Waals surface area (Å²) in [6.45, 7) is 8.92. The van der Waals surface area contributed by atoms with Crippen molar-refractivity contribution in [3.63, 3.8) is 0 Å². The predicted octanol–water partition coefficient (Wildman–Crippen LogP) is 3.57. The van der Waals surface area contributed by atoms with Crippen LogP contribution in [0.1, 0.15) is 37.4 Å². The molecule has 8 heteroatoms. The Hall–Kier alpha value is -3.36. The number of carbonyl (C=O) groups is 2. The quantitative estimate of drug-likeness (QED) is 0.312. The lowest BCUT2D eigenvalue weighted by Gasteiger charge is -2.29. The molecule has 8 nitrogen and oxygen atoms in total. The summed E-state index contributed by atoms with van der Waals surface area (Å²) in [6.07, 6.45) is 0.684. The van der Waals surface area contributed by atoms with Gasteiger partial charge in [0.05, 0.1) is 31.4 Å². The molecule has 2 fully saturated rings. The van der Waals surface area contributed by atoms with E-state index in [-0.39, 0.29) is 17.1 Å². The fourth-order valence-electron chi connectivity index (χ4n) is 4.53. The first kappa shape index (κ1) is 25.7. The first-order chi connectivity index (χ1) is 17.3. The molecule has 0 bridgehead atoms. The lowest BCUT2D eigenvalue weighted by molar-refractivity contribution is -0.140. The predicted molar refractivity (Wildman–Crippen MR) is 136 cm³/mol. The van der Waals surface area contributed by atoms with Crippen molar-refractivity contribution in [2.75, 3.05) is 46.0 Å². The van der Waals surface area contributed by atoms with Crippen LogP contribution >= 0.6 is 0 Å². The fourth-order valence-corrected chi connectivity index (χ4v) is 4.53. The van der Waals surface area contributed by atoms with Crippen LogP contribution in [0, 0.1) is 5.92 Å². The molecule has 1 amide bonds. The number of ketones is 1. The second kappa shape index (κ2) is 11.6. The highest BCUT2D eigenvalue weighted by Gasteiger charge is 2.45. The first-order valence-corrected chi connectivity index (χ1v) is 12.5. The smallest absolute Gasteiger partial charge is 0.295 e. The third-order valence-electron chi connectivity index (χ3n) is 6.44. The maximum atomic E-state index is 13.2. The van der Waals surface area contributed by atoms with Crippen LogP contribution in [-0.2, 0) is 14.3 Å². The number of aliphatic hydroxyl groups excluding tert-OH is 1. The second-order valence-corrected chi connectivity index (χ2v) is 9.62. The molecular weight excluding hydrogens is 460 g/mol. The van der Waals surface area contributed by atoms with E-state index in [9.17, 15) is 19.8 Å². The summed E-state index contributed by atoms with van der Waals surface area (Å²) in [5.74, 6) is -0.440. The normalized spacial score (nSPS) is 20.3. The molecule has 2 aliphatic rings. The van der Waals surface area contributed by atoms with Crippen LogP contribution < -0.4 is 4.74 Å². The summed E-state index contributed by atoms with van der Waals surface area (Å²) >= 11 is 0. The van der Waals surface area contributed by atoms with Crippen LogP contribution in [0.15, 0.2) is 54.1 Å². The number of carbonyl (C=O) groups excluding carboxylic acids is 2. The average Bonchev–Trinajstić information content (AvgIpc) is 3.13. The maximum absolute atomic E-state index is 13.2. The number of ether oxygens (including phenoxy) is 2. The summed E-state index contributed by atoms with van der Waals surface area (Å²) in [4.78, 5) is 30.1. The van der Waals surface area contributed by atoms with Crippen molar-refractivity contribution in [1.29, 1.82) is 0 Å². The molecule has 0 radical (unpaired) electrons. The highest BCUT2D eigenvalue weighted by atomic mass is 16.5. The fraction of sp³-hybridized carbons (Fsp3) is 0.429. The summed E-state index contributed by atoms with van der Waals surface area (Å²) in [6, 6.07) is 12.5. The zero-order valence-corrected chi connectivity index (χ0v) is 20.9. The number of hydrogen-bond acceptors (Lipinski definition) is 7. The summed E-state index contributed by atoms with van der Waals surface area (Å²) in [5, 5.41) is 21.0. The van der Waals surface area contributed by atoms with E-state index in [0.29, 0.717) is 55.6 Å². The highest BCUT2D eigenvalue weighted by molar-refractivity contribution is 6.46. The monoisotopic (exact) mass is 494 g/mol. The molecule has 0 spiro atoms. The molecule has 2 aromatic rings. The zero-order valence-electron chi connectivity index (χ0n) is 20.9. The van der Waals surface area contributed by atoms with Crippen LogP contribution in [0.25, 0.3) is 5.76 Å². The van der Waals surface area contributed by atoms with Crippen LogP contribution in [-0.4, -0.2) is 77.7 Å². The molecule has 1 atom stereocenters. The van der Waals surface area contributed by atoms with Gasteiger partial charge in [0.2, 0.25) is 0 Å². The largest absolute Gasteiger partial charge is 0.508 e. The average molecular weight is 495 g/mol. The molecule has 2 saturated heterocycles. The van der Waals surface area contributed by atoms with E-state index in [0.717, 1.165) is 19.6 Å². The van der Waals surface area contributed by atoms with Crippen molar-refractivity contribution >= 4 is 17.4 Å². The lowest BCUT2D eigenvalue weighted by atomic mass is 9.95. The van der Waals surface area contributed by atoms with Gasteiger partial charge in [-0.25, -0.2) is 0 Å². The van der Waals surface area contributed by atoms with E-state index >= 15 is 0 Å². The van der Waals surface area contributed by atoms with Crippen molar-refractivity contribution < 1.29 is 29.3 Å². The van der Waals surface area contributed by atoms with Crippen LogP contribution in [0.2, 0.25) is 0 Å². The van der Waals surface area contributed by atoms with Crippen molar-refractivity contribution in [3.8, 4) is 11.5 Å². The molecular formula is C28H34N2O6. The number of benzene rings is 2. The van der Waals surface area contributed by atoms with Gasteiger partial charge in [-0.15, -0.1) is 0 Å². The molecule has 36 heavy (non-hydrogen) atoms. The Balaban J connectivity index is 1.61. The van der Waals surface area contributed by atoms with E-state index in [4.69, 9.17) is 9.47 Å². The number of aliphatic hydroxyl groups is 1. The van der Waals surface area contributed by atoms with E-state index < -0.39 is 17.7 Å². The minimum absolute atomic E-state index is 0.0490. The van der Waals surface area contributed by atoms with Gasteiger partial charge in [0.15, 0.2) is 0 Å². The van der Waals surface area contributed by atoms with Gasteiger partial charge in [0.1, 0.15) is 17.3 Å². The Labute approximate surface area is 211 Å². The van der Waals surface area contributed by atoms with E-state index in [1.807, 2.05) is 0 Å². The van der Waals surface area contributed by atoms with Crippen molar-refractivity contribution in [1.82, 2.24) is 9.80 Å². The molecule has 2 heterocycles. The van der Waals surface area contributed by atoms with Crippen LogP contribution in [0.3, 0.4) is 0 Å². The third kappa shape index (κ3) is 5.88. The Bertz CT molecular complexity index is 1090. The van der Waals surface area contributed by atoms with Gasteiger partial charge in [-0.3, -0.25) is 14.5 Å². The van der Waals surface area contributed by atoms with Gasteiger partial charge in [-0.05, 0) is 54.3 Å². The maximum Gasteiger partial charge on any atom is 0.295 e.